The number of nitrogens with zero attached hydrogens (tertiary/aromatic N) is 4. The number of para-hydroxylation sites is 2. The van der Waals surface area contributed by atoms with Gasteiger partial charge < -0.3 is 9.47 Å². The summed E-state index contributed by atoms with van der Waals surface area (Å²) < 4.78 is 2.18. The first-order valence-corrected chi connectivity index (χ1v) is 6.35. The van der Waals surface area contributed by atoms with Crippen molar-refractivity contribution in [3.05, 3.63) is 30.1 Å². The van der Waals surface area contributed by atoms with Gasteiger partial charge in [0.05, 0.1) is 23.5 Å². The first kappa shape index (κ1) is 11.3. The van der Waals surface area contributed by atoms with E-state index in [1.807, 2.05) is 6.07 Å². The van der Waals surface area contributed by atoms with Crippen molar-refractivity contribution in [1.82, 2.24) is 14.5 Å². The minimum Gasteiger partial charge on any atom is -0.361 e. The second-order valence-electron chi connectivity index (χ2n) is 4.90. The standard InChI is InChI=1S/C14H18N4/c1-10(13-15-8-9-17(13)2)14-16-11-6-4-5-7-12(11)18(14)3/h4-7,10H,8-9H2,1-3H3. The third kappa shape index (κ3) is 1.60. The van der Waals surface area contributed by atoms with Crippen molar-refractivity contribution < 1.29 is 0 Å². The van der Waals surface area contributed by atoms with Crippen LogP contribution in [0.4, 0.5) is 0 Å². The van der Waals surface area contributed by atoms with Crippen molar-refractivity contribution >= 4 is 16.9 Å². The summed E-state index contributed by atoms with van der Waals surface area (Å²) in [4.78, 5) is 11.6. The molecule has 1 aliphatic rings. The molecule has 0 saturated carbocycles. The highest BCUT2D eigenvalue weighted by Crippen LogP contribution is 2.23. The van der Waals surface area contributed by atoms with Crippen LogP contribution in [0.25, 0.3) is 11.0 Å². The van der Waals surface area contributed by atoms with Crippen molar-refractivity contribution in [3.8, 4) is 0 Å². The number of amidine groups is 1. The number of likely N-dealkylation sites (N-methyl/N-ethyl adjacent to an activating group) is 1. The topological polar surface area (TPSA) is 33.4 Å². The van der Waals surface area contributed by atoms with Gasteiger partial charge in [-0.15, -0.1) is 0 Å². The maximum absolute atomic E-state index is 4.75. The van der Waals surface area contributed by atoms with Gasteiger partial charge in [0.25, 0.3) is 0 Å². The molecule has 94 valence electrons. The fourth-order valence-electron chi connectivity index (χ4n) is 2.68. The van der Waals surface area contributed by atoms with Gasteiger partial charge in [0.2, 0.25) is 0 Å². The SMILES string of the molecule is CC(C1=NCCN1C)c1nc2ccccc2n1C. The predicted octanol–water partition coefficient (Wildman–Crippen LogP) is 2.02. The monoisotopic (exact) mass is 242 g/mol. The fraction of sp³-hybridized carbons (Fsp3) is 0.429. The van der Waals surface area contributed by atoms with Crippen LogP contribution in [0, 0.1) is 0 Å². The molecular weight excluding hydrogens is 224 g/mol. The van der Waals surface area contributed by atoms with E-state index >= 15 is 0 Å². The van der Waals surface area contributed by atoms with Gasteiger partial charge >= 0.3 is 0 Å². The van der Waals surface area contributed by atoms with Crippen LogP contribution in [-0.2, 0) is 7.05 Å². The molecule has 4 nitrogen and oxygen atoms in total. The summed E-state index contributed by atoms with van der Waals surface area (Å²) in [5.74, 6) is 2.48. The lowest BCUT2D eigenvalue weighted by molar-refractivity contribution is 0.534. The highest BCUT2D eigenvalue weighted by molar-refractivity contribution is 5.90. The molecule has 1 atom stereocenters. The van der Waals surface area contributed by atoms with E-state index in [1.165, 1.54) is 5.52 Å². The molecule has 0 radical (unpaired) electrons. The van der Waals surface area contributed by atoms with Crippen LogP contribution in [0.3, 0.4) is 0 Å². The molecular formula is C14H18N4. The van der Waals surface area contributed by atoms with Crippen molar-refractivity contribution in [2.45, 2.75) is 12.8 Å². The van der Waals surface area contributed by atoms with E-state index in [0.717, 1.165) is 30.3 Å². The summed E-state index contributed by atoms with van der Waals surface area (Å²) in [6.45, 7) is 4.10. The molecule has 0 N–H and O–H groups in total. The van der Waals surface area contributed by atoms with Crippen LogP contribution >= 0.6 is 0 Å². The van der Waals surface area contributed by atoms with Crippen LogP contribution in [0.15, 0.2) is 29.3 Å². The molecule has 2 aromatic rings. The predicted molar refractivity (Wildman–Crippen MR) is 74.1 cm³/mol. The van der Waals surface area contributed by atoms with Gasteiger partial charge in [-0.25, -0.2) is 4.98 Å². The third-order valence-corrected chi connectivity index (χ3v) is 3.70. The molecule has 0 saturated heterocycles. The number of hydrogen-bond acceptors (Lipinski definition) is 3. The van der Waals surface area contributed by atoms with Gasteiger partial charge in [0.15, 0.2) is 0 Å². The van der Waals surface area contributed by atoms with Gasteiger partial charge in [-0.1, -0.05) is 12.1 Å². The maximum Gasteiger partial charge on any atom is 0.120 e. The Balaban J connectivity index is 2.06. The Bertz CT molecular complexity index is 611. The van der Waals surface area contributed by atoms with Crippen LogP contribution < -0.4 is 0 Å². The van der Waals surface area contributed by atoms with Gasteiger partial charge in [0.1, 0.15) is 11.7 Å². The molecule has 0 amide bonds. The molecule has 0 fully saturated rings. The third-order valence-electron chi connectivity index (χ3n) is 3.70. The Labute approximate surface area is 107 Å². The summed E-state index contributed by atoms with van der Waals surface area (Å²) in [5.41, 5.74) is 2.24. The molecule has 2 heterocycles. The van der Waals surface area contributed by atoms with E-state index in [-0.39, 0.29) is 5.92 Å². The number of rotatable bonds is 2. The van der Waals surface area contributed by atoms with Gasteiger partial charge in [0, 0.05) is 20.6 Å². The molecule has 18 heavy (non-hydrogen) atoms. The number of aryl methyl sites for hydroxylation is 1. The number of hydrogen-bond donors (Lipinski definition) is 0. The molecule has 1 aliphatic heterocycles. The zero-order valence-electron chi connectivity index (χ0n) is 11.1. The van der Waals surface area contributed by atoms with Crippen molar-refractivity contribution in [2.24, 2.45) is 12.0 Å². The smallest absolute Gasteiger partial charge is 0.120 e. The molecule has 0 spiro atoms. The maximum atomic E-state index is 4.75. The second kappa shape index (κ2) is 4.12. The van der Waals surface area contributed by atoms with Crippen LogP contribution in [0.1, 0.15) is 18.7 Å². The Morgan fingerprint density at radius 1 is 1.22 bits per heavy atom. The average Bonchev–Trinajstić information content (AvgIpc) is 2.94. The lowest BCUT2D eigenvalue weighted by Gasteiger charge is -2.19. The van der Waals surface area contributed by atoms with Crippen molar-refractivity contribution in [3.63, 3.8) is 0 Å². The summed E-state index contributed by atoms with van der Waals surface area (Å²) in [6, 6.07) is 8.26. The molecule has 1 unspecified atom stereocenters. The Hall–Kier alpha value is -1.84. The zero-order valence-corrected chi connectivity index (χ0v) is 11.1. The van der Waals surface area contributed by atoms with Crippen molar-refractivity contribution in [1.29, 1.82) is 0 Å². The summed E-state index contributed by atoms with van der Waals surface area (Å²) >= 11 is 0. The highest BCUT2D eigenvalue weighted by Gasteiger charge is 2.24. The lowest BCUT2D eigenvalue weighted by Crippen LogP contribution is -2.28. The van der Waals surface area contributed by atoms with E-state index < -0.39 is 0 Å². The first-order chi connectivity index (χ1) is 8.68. The van der Waals surface area contributed by atoms with E-state index in [2.05, 4.69) is 53.7 Å². The first-order valence-electron chi connectivity index (χ1n) is 6.35. The van der Waals surface area contributed by atoms with Crippen LogP contribution in [0.2, 0.25) is 0 Å². The Morgan fingerprint density at radius 3 is 2.67 bits per heavy atom. The normalized spacial score (nSPS) is 17.3. The highest BCUT2D eigenvalue weighted by atomic mass is 15.2. The molecule has 1 aromatic heterocycles. The molecule has 3 rings (SSSR count). The van der Waals surface area contributed by atoms with E-state index in [4.69, 9.17) is 4.98 Å². The number of imidazole rings is 1. The Morgan fingerprint density at radius 2 is 2.00 bits per heavy atom. The second-order valence-corrected chi connectivity index (χ2v) is 4.90. The summed E-state index contributed by atoms with van der Waals surface area (Å²) in [6.07, 6.45) is 0. The van der Waals surface area contributed by atoms with Crippen LogP contribution in [-0.4, -0.2) is 40.4 Å². The van der Waals surface area contributed by atoms with Crippen LogP contribution in [0.5, 0.6) is 0 Å². The van der Waals surface area contributed by atoms with E-state index in [9.17, 15) is 0 Å². The average molecular weight is 242 g/mol. The summed E-state index contributed by atoms with van der Waals surface area (Å²) in [5, 5.41) is 0. The number of fused-ring (bicyclic) bond motifs is 1. The number of aromatic nitrogens is 2. The number of aliphatic imine (C=N–C) groups is 1. The molecule has 0 bridgehead atoms. The fourth-order valence-corrected chi connectivity index (χ4v) is 2.68. The van der Waals surface area contributed by atoms with Gasteiger partial charge in [-0.2, -0.15) is 0 Å². The molecule has 4 heteroatoms. The minimum absolute atomic E-state index is 0.245. The molecule has 0 aliphatic carbocycles. The minimum atomic E-state index is 0.245. The number of benzene rings is 1. The van der Waals surface area contributed by atoms with Gasteiger partial charge in [-0.3, -0.25) is 4.99 Å². The van der Waals surface area contributed by atoms with Gasteiger partial charge in [-0.05, 0) is 19.1 Å². The van der Waals surface area contributed by atoms with Crippen molar-refractivity contribution in [2.75, 3.05) is 20.1 Å². The van der Waals surface area contributed by atoms with E-state index in [0.29, 0.717) is 0 Å². The summed E-state index contributed by atoms with van der Waals surface area (Å²) in [7, 11) is 4.18. The largest absolute Gasteiger partial charge is 0.361 e. The lowest BCUT2D eigenvalue weighted by atomic mass is 10.1. The quantitative estimate of drug-likeness (QED) is 0.807. The molecule has 1 aromatic carbocycles. The zero-order chi connectivity index (χ0) is 12.7. The Kier molecular flexibility index (Phi) is 2.58. The van der Waals surface area contributed by atoms with E-state index in [1.54, 1.807) is 0 Å².